The Bertz CT molecular complexity index is 1530. The van der Waals surface area contributed by atoms with Crippen molar-refractivity contribution in [2.45, 2.75) is 33.6 Å². The van der Waals surface area contributed by atoms with Crippen molar-refractivity contribution in [1.82, 2.24) is 4.98 Å². The Hall–Kier alpha value is -2.69. The normalized spacial score (nSPS) is 15.2. The van der Waals surface area contributed by atoms with Gasteiger partial charge in [-0.2, -0.15) is 0 Å². The number of aliphatic imine (C=N–C) groups is 1. The number of halogens is 2. The van der Waals surface area contributed by atoms with Crippen molar-refractivity contribution in [3.63, 3.8) is 0 Å². The fourth-order valence-electron chi connectivity index (χ4n) is 5.51. The zero-order chi connectivity index (χ0) is 23.6. The first-order chi connectivity index (χ1) is 16.4. The third-order valence-corrected chi connectivity index (χ3v) is 8.33. The van der Waals surface area contributed by atoms with E-state index >= 15 is 0 Å². The lowest BCUT2D eigenvalue weighted by Crippen LogP contribution is -2.06. The number of benzene rings is 3. The lowest BCUT2D eigenvalue weighted by atomic mass is 9.90. The third kappa shape index (κ3) is 3.47. The number of hydrogen-bond acceptors (Lipinski definition) is 1. The smallest absolute Gasteiger partial charge is 0.0793 e. The van der Waals surface area contributed by atoms with E-state index in [-0.39, 0.29) is 0 Å². The molecule has 1 N–H and O–H groups in total. The maximum Gasteiger partial charge on any atom is 0.0793 e. The maximum absolute atomic E-state index is 5.22. The summed E-state index contributed by atoms with van der Waals surface area (Å²) in [6.45, 7) is 6.52. The SMILES string of the molecule is Cc1cc(C)c(C2=NC(=Cc3[nH]c4c(c3Br)CCc3ccccc3-4)c3cc(Br)ccc32)c(C)c1. The van der Waals surface area contributed by atoms with Crippen molar-refractivity contribution < 1.29 is 0 Å². The third-order valence-electron chi connectivity index (χ3n) is 6.93. The fraction of sp³-hybridized carbons (Fsp3) is 0.167. The Morgan fingerprint density at radius 3 is 2.41 bits per heavy atom. The van der Waals surface area contributed by atoms with Gasteiger partial charge in [0, 0.05) is 31.2 Å². The minimum atomic E-state index is 0.984. The molecule has 0 atom stereocenters. The summed E-state index contributed by atoms with van der Waals surface area (Å²) >= 11 is 7.58. The van der Waals surface area contributed by atoms with E-state index in [9.17, 15) is 0 Å². The van der Waals surface area contributed by atoms with E-state index in [1.807, 2.05) is 0 Å². The molecule has 0 radical (unpaired) electrons. The Labute approximate surface area is 217 Å². The monoisotopic (exact) mass is 570 g/mol. The molecule has 3 aromatic carbocycles. The maximum atomic E-state index is 5.22. The number of H-pyrrole nitrogens is 1. The number of nitrogens with zero attached hydrogens (tertiary/aromatic N) is 1. The van der Waals surface area contributed by atoms with Crippen molar-refractivity contribution in [3.05, 3.63) is 114 Å². The van der Waals surface area contributed by atoms with Crippen LogP contribution in [-0.2, 0) is 12.8 Å². The molecule has 34 heavy (non-hydrogen) atoms. The second-order valence-corrected chi connectivity index (χ2v) is 11.0. The fourth-order valence-corrected chi connectivity index (χ4v) is 6.48. The molecule has 0 saturated carbocycles. The van der Waals surface area contributed by atoms with Crippen LogP contribution in [0.2, 0.25) is 0 Å². The Balaban J connectivity index is 1.53. The van der Waals surface area contributed by atoms with Gasteiger partial charge in [0.2, 0.25) is 0 Å². The van der Waals surface area contributed by atoms with Gasteiger partial charge in [0.1, 0.15) is 0 Å². The highest BCUT2D eigenvalue weighted by molar-refractivity contribution is 9.10. The minimum Gasteiger partial charge on any atom is -0.354 e. The van der Waals surface area contributed by atoms with Crippen LogP contribution in [0.25, 0.3) is 23.0 Å². The summed E-state index contributed by atoms with van der Waals surface area (Å²) in [5, 5.41) is 0. The summed E-state index contributed by atoms with van der Waals surface area (Å²) in [5.74, 6) is 0. The quantitative estimate of drug-likeness (QED) is 0.249. The molecule has 4 heteroatoms. The van der Waals surface area contributed by atoms with Crippen LogP contribution >= 0.6 is 31.9 Å². The number of rotatable bonds is 2. The van der Waals surface area contributed by atoms with E-state index in [2.05, 4.69) is 118 Å². The molecule has 0 spiro atoms. The van der Waals surface area contributed by atoms with Gasteiger partial charge < -0.3 is 4.98 Å². The summed E-state index contributed by atoms with van der Waals surface area (Å²) in [4.78, 5) is 8.93. The van der Waals surface area contributed by atoms with Crippen LogP contribution in [0.15, 0.2) is 68.5 Å². The van der Waals surface area contributed by atoms with Gasteiger partial charge >= 0.3 is 0 Å². The number of aromatic nitrogens is 1. The predicted octanol–water partition coefficient (Wildman–Crippen LogP) is 8.58. The zero-order valence-electron chi connectivity index (χ0n) is 19.4. The van der Waals surface area contributed by atoms with Gasteiger partial charge in [0.05, 0.1) is 22.8 Å². The van der Waals surface area contributed by atoms with E-state index in [4.69, 9.17) is 4.99 Å². The van der Waals surface area contributed by atoms with Crippen molar-refractivity contribution in [2.75, 3.05) is 0 Å². The van der Waals surface area contributed by atoms with E-state index in [1.165, 1.54) is 50.2 Å². The molecule has 1 aliphatic heterocycles. The van der Waals surface area contributed by atoms with E-state index in [0.717, 1.165) is 44.5 Å². The highest BCUT2D eigenvalue weighted by Gasteiger charge is 2.26. The largest absolute Gasteiger partial charge is 0.354 e. The van der Waals surface area contributed by atoms with Crippen LogP contribution in [0.1, 0.15) is 50.2 Å². The molecule has 4 aromatic rings. The molecule has 2 aliphatic rings. The molecule has 168 valence electrons. The summed E-state index contributed by atoms with van der Waals surface area (Å²) in [6, 6.07) is 19.7. The average molecular weight is 572 g/mol. The van der Waals surface area contributed by atoms with E-state index in [0.29, 0.717) is 0 Å². The van der Waals surface area contributed by atoms with Crippen LogP contribution < -0.4 is 0 Å². The van der Waals surface area contributed by atoms with Crippen molar-refractivity contribution in [1.29, 1.82) is 0 Å². The van der Waals surface area contributed by atoms with Gasteiger partial charge in [0.15, 0.2) is 0 Å². The Kier molecular flexibility index (Phi) is 5.27. The zero-order valence-corrected chi connectivity index (χ0v) is 22.6. The van der Waals surface area contributed by atoms with Crippen LogP contribution in [-0.4, -0.2) is 10.7 Å². The van der Waals surface area contributed by atoms with Crippen molar-refractivity contribution in [2.24, 2.45) is 4.99 Å². The molecule has 1 aliphatic carbocycles. The molecule has 0 saturated heterocycles. The number of nitrogens with one attached hydrogen (secondary N) is 1. The van der Waals surface area contributed by atoms with Crippen molar-refractivity contribution >= 4 is 49.3 Å². The minimum absolute atomic E-state index is 0.984. The van der Waals surface area contributed by atoms with Gasteiger partial charge in [-0.05, 0) is 90.0 Å². The second-order valence-electron chi connectivity index (χ2n) is 9.32. The van der Waals surface area contributed by atoms with Crippen molar-refractivity contribution in [3.8, 4) is 11.3 Å². The molecule has 2 heterocycles. The van der Waals surface area contributed by atoms with Gasteiger partial charge in [-0.25, -0.2) is 4.99 Å². The molecule has 1 aromatic heterocycles. The van der Waals surface area contributed by atoms with Gasteiger partial charge in [-0.3, -0.25) is 0 Å². The first-order valence-corrected chi connectivity index (χ1v) is 13.2. The second kappa shape index (κ2) is 8.21. The number of aromatic amines is 1. The van der Waals surface area contributed by atoms with Crippen LogP contribution in [0, 0.1) is 20.8 Å². The molecular weight excluding hydrogens is 548 g/mol. The molecule has 2 nitrogen and oxygen atoms in total. The highest BCUT2D eigenvalue weighted by Crippen LogP contribution is 2.41. The molecular formula is C30H24Br2N2. The van der Waals surface area contributed by atoms with Gasteiger partial charge in [-0.1, -0.05) is 64.0 Å². The van der Waals surface area contributed by atoms with Gasteiger partial charge in [0.25, 0.3) is 0 Å². The van der Waals surface area contributed by atoms with Gasteiger partial charge in [-0.15, -0.1) is 0 Å². The molecule has 0 unspecified atom stereocenters. The van der Waals surface area contributed by atoms with E-state index < -0.39 is 0 Å². The highest BCUT2D eigenvalue weighted by atomic mass is 79.9. The number of fused-ring (bicyclic) bond motifs is 4. The number of aryl methyl sites for hydroxylation is 4. The first kappa shape index (κ1) is 21.8. The topological polar surface area (TPSA) is 28.1 Å². The molecule has 6 rings (SSSR count). The summed E-state index contributed by atoms with van der Waals surface area (Å²) in [6.07, 6.45) is 4.30. The predicted molar refractivity (Wildman–Crippen MR) is 150 cm³/mol. The summed E-state index contributed by atoms with van der Waals surface area (Å²) < 4.78 is 2.21. The Morgan fingerprint density at radius 1 is 0.853 bits per heavy atom. The molecule has 0 bridgehead atoms. The number of hydrogen-bond donors (Lipinski definition) is 1. The summed E-state index contributed by atoms with van der Waals surface area (Å²) in [5.41, 5.74) is 15.8. The molecule has 0 fully saturated rings. The standard InChI is InChI=1S/C30H24Br2N2/c1-16-12-17(2)27(18(3)13-16)30-22-11-9-20(31)14-24(22)25(33-30)15-26-28(32)23-10-8-19-6-4-5-7-21(19)29(23)34-26/h4-7,9,11-15,34H,8,10H2,1-3H3. The lowest BCUT2D eigenvalue weighted by Gasteiger charge is -2.16. The first-order valence-electron chi connectivity index (χ1n) is 11.6. The summed E-state index contributed by atoms with van der Waals surface area (Å²) in [7, 11) is 0. The van der Waals surface area contributed by atoms with Crippen LogP contribution in [0.5, 0.6) is 0 Å². The van der Waals surface area contributed by atoms with E-state index in [1.54, 1.807) is 0 Å². The Morgan fingerprint density at radius 2 is 1.62 bits per heavy atom. The lowest BCUT2D eigenvalue weighted by molar-refractivity contribution is 0.938. The average Bonchev–Trinajstić information content (AvgIpc) is 3.31. The van der Waals surface area contributed by atoms with Crippen LogP contribution in [0.4, 0.5) is 0 Å². The van der Waals surface area contributed by atoms with Crippen LogP contribution in [0.3, 0.4) is 0 Å². The molecule has 0 amide bonds.